The average molecular weight is 337 g/mol. The van der Waals surface area contributed by atoms with E-state index in [-0.39, 0.29) is 34.2 Å². The van der Waals surface area contributed by atoms with Crippen molar-refractivity contribution in [1.82, 2.24) is 0 Å². The van der Waals surface area contributed by atoms with Crippen LogP contribution in [0, 0.1) is 26.1 Å². The lowest BCUT2D eigenvalue weighted by Gasteiger charge is -2.37. The van der Waals surface area contributed by atoms with Gasteiger partial charge in [-0.25, -0.2) is 0 Å². The van der Waals surface area contributed by atoms with E-state index in [1.54, 1.807) is 18.2 Å². The number of nitrogens with one attached hydrogen (secondary N) is 1. The number of fused-ring (bicyclic) bond motifs is 3. The Morgan fingerprint density at radius 3 is 2.44 bits per heavy atom. The third-order valence-electron chi connectivity index (χ3n) is 5.03. The van der Waals surface area contributed by atoms with Gasteiger partial charge in [0, 0.05) is 24.1 Å². The quantitative estimate of drug-likeness (QED) is 0.510. The van der Waals surface area contributed by atoms with Gasteiger partial charge in [-0.2, -0.15) is 0 Å². The minimum Gasteiger partial charge on any atom is -0.372 e. The second-order valence-electron chi connectivity index (χ2n) is 6.32. The standard InChI is InChI=1S/C18H15N3O4/c22-20(23)12-9-7-11(8-10-12)17-14-4-1-3-13(14)15-5-2-6-16(21(24)25)18(15)19-17/h1-3,5-10,13-14,17,19H,4H2/t13-,14-,17-/m0/s1. The van der Waals surface area contributed by atoms with E-state index in [0.29, 0.717) is 5.69 Å². The molecule has 7 heteroatoms. The van der Waals surface area contributed by atoms with Crippen molar-refractivity contribution in [3.8, 4) is 0 Å². The largest absolute Gasteiger partial charge is 0.372 e. The van der Waals surface area contributed by atoms with Gasteiger partial charge in [0.2, 0.25) is 0 Å². The first-order valence-corrected chi connectivity index (χ1v) is 8.01. The van der Waals surface area contributed by atoms with Crippen molar-refractivity contribution in [2.75, 3.05) is 5.32 Å². The fourth-order valence-electron chi connectivity index (χ4n) is 3.89. The number of hydrogen-bond donors (Lipinski definition) is 1. The van der Waals surface area contributed by atoms with Crippen molar-refractivity contribution in [2.24, 2.45) is 5.92 Å². The zero-order valence-corrected chi connectivity index (χ0v) is 13.2. The number of hydrogen-bond acceptors (Lipinski definition) is 5. The van der Waals surface area contributed by atoms with Crippen molar-refractivity contribution in [2.45, 2.75) is 18.4 Å². The molecule has 3 atom stereocenters. The molecule has 0 spiro atoms. The van der Waals surface area contributed by atoms with Crippen molar-refractivity contribution in [3.05, 3.63) is 86.0 Å². The van der Waals surface area contributed by atoms with Gasteiger partial charge in [-0.05, 0) is 23.5 Å². The van der Waals surface area contributed by atoms with Crippen LogP contribution in [0.15, 0.2) is 54.6 Å². The number of benzene rings is 2. The molecule has 0 amide bonds. The molecule has 0 bridgehead atoms. The first-order valence-electron chi connectivity index (χ1n) is 8.01. The van der Waals surface area contributed by atoms with Crippen LogP contribution in [0.3, 0.4) is 0 Å². The molecule has 0 radical (unpaired) electrons. The third-order valence-corrected chi connectivity index (χ3v) is 5.03. The molecular weight excluding hydrogens is 322 g/mol. The highest BCUT2D eigenvalue weighted by molar-refractivity contribution is 5.71. The molecule has 1 aliphatic heterocycles. The Morgan fingerprint density at radius 2 is 1.76 bits per heavy atom. The first-order chi connectivity index (χ1) is 12.1. The average Bonchev–Trinajstić information content (AvgIpc) is 3.10. The second-order valence-corrected chi connectivity index (χ2v) is 6.32. The van der Waals surface area contributed by atoms with Gasteiger partial charge in [0.05, 0.1) is 15.9 Å². The van der Waals surface area contributed by atoms with E-state index in [1.807, 2.05) is 6.07 Å². The van der Waals surface area contributed by atoms with Gasteiger partial charge >= 0.3 is 0 Å². The van der Waals surface area contributed by atoms with Gasteiger partial charge in [0.1, 0.15) is 5.69 Å². The smallest absolute Gasteiger partial charge is 0.292 e. The molecule has 1 aliphatic carbocycles. The molecule has 0 unspecified atom stereocenters. The van der Waals surface area contributed by atoms with E-state index in [4.69, 9.17) is 0 Å². The number of anilines is 1. The number of non-ortho nitro benzene ring substituents is 1. The molecule has 7 nitrogen and oxygen atoms in total. The molecule has 2 aromatic rings. The zero-order valence-electron chi connectivity index (χ0n) is 13.2. The van der Waals surface area contributed by atoms with Crippen LogP contribution < -0.4 is 5.32 Å². The summed E-state index contributed by atoms with van der Waals surface area (Å²) in [5.41, 5.74) is 2.47. The number of para-hydroxylation sites is 1. The Kier molecular flexibility index (Phi) is 3.49. The van der Waals surface area contributed by atoms with Crippen LogP contribution in [0.25, 0.3) is 0 Å². The first kappa shape index (κ1) is 15.3. The Hall–Kier alpha value is -3.22. The van der Waals surface area contributed by atoms with Gasteiger partial charge < -0.3 is 5.32 Å². The molecule has 0 fully saturated rings. The predicted molar refractivity (Wildman–Crippen MR) is 92.5 cm³/mol. The van der Waals surface area contributed by atoms with Crippen LogP contribution in [-0.4, -0.2) is 9.85 Å². The maximum Gasteiger partial charge on any atom is 0.292 e. The normalized spacial score (nSPS) is 23.4. The second kappa shape index (κ2) is 5.70. The van der Waals surface area contributed by atoms with Gasteiger partial charge in [-0.15, -0.1) is 0 Å². The molecule has 2 aromatic carbocycles. The summed E-state index contributed by atoms with van der Waals surface area (Å²) in [6.45, 7) is 0. The third kappa shape index (κ3) is 2.44. The fraction of sp³-hybridized carbons (Fsp3) is 0.222. The lowest BCUT2D eigenvalue weighted by atomic mass is 9.77. The van der Waals surface area contributed by atoms with E-state index in [0.717, 1.165) is 17.5 Å². The molecule has 1 N–H and O–H groups in total. The summed E-state index contributed by atoms with van der Waals surface area (Å²) < 4.78 is 0. The van der Waals surface area contributed by atoms with Crippen molar-refractivity contribution < 1.29 is 9.85 Å². The molecule has 0 saturated heterocycles. The number of nitrogens with zero attached hydrogens (tertiary/aromatic N) is 2. The molecule has 0 saturated carbocycles. The lowest BCUT2D eigenvalue weighted by Crippen LogP contribution is -2.29. The summed E-state index contributed by atoms with van der Waals surface area (Å²) in [5.74, 6) is 0.340. The Morgan fingerprint density at radius 1 is 1.00 bits per heavy atom. The number of rotatable bonds is 3. The van der Waals surface area contributed by atoms with Crippen molar-refractivity contribution >= 4 is 17.1 Å². The molecular formula is C18H15N3O4. The monoisotopic (exact) mass is 337 g/mol. The minimum absolute atomic E-state index is 0.0343. The summed E-state index contributed by atoms with van der Waals surface area (Å²) in [4.78, 5) is 21.5. The topological polar surface area (TPSA) is 98.3 Å². The highest BCUT2D eigenvalue weighted by atomic mass is 16.6. The van der Waals surface area contributed by atoms with Crippen molar-refractivity contribution in [3.63, 3.8) is 0 Å². The molecule has 0 aromatic heterocycles. The molecule has 1 heterocycles. The minimum atomic E-state index is -0.432. The predicted octanol–water partition coefficient (Wildman–Crippen LogP) is 4.33. The number of nitro benzene ring substituents is 2. The summed E-state index contributed by atoms with van der Waals surface area (Å²) in [6, 6.07) is 11.4. The highest BCUT2D eigenvalue weighted by Crippen LogP contribution is 2.51. The molecule has 126 valence electrons. The molecule has 4 rings (SSSR count). The van der Waals surface area contributed by atoms with E-state index < -0.39 is 4.92 Å². The number of nitro groups is 2. The van der Waals surface area contributed by atoms with Gasteiger partial charge in [-0.3, -0.25) is 20.2 Å². The van der Waals surface area contributed by atoms with Crippen LogP contribution in [-0.2, 0) is 0 Å². The van der Waals surface area contributed by atoms with Crippen LogP contribution in [0.4, 0.5) is 17.1 Å². The van der Waals surface area contributed by atoms with E-state index in [2.05, 4.69) is 17.5 Å². The van der Waals surface area contributed by atoms with Gasteiger partial charge in [0.15, 0.2) is 0 Å². The summed E-state index contributed by atoms with van der Waals surface area (Å²) in [6.07, 6.45) is 5.07. The Labute approximate surface area is 143 Å². The van der Waals surface area contributed by atoms with E-state index in [9.17, 15) is 20.2 Å². The van der Waals surface area contributed by atoms with Gasteiger partial charge in [-0.1, -0.05) is 36.4 Å². The zero-order chi connectivity index (χ0) is 17.6. The maximum atomic E-state index is 11.4. The summed E-state index contributed by atoms with van der Waals surface area (Å²) in [7, 11) is 0. The fourth-order valence-corrected chi connectivity index (χ4v) is 3.89. The highest BCUT2D eigenvalue weighted by Gasteiger charge is 2.40. The van der Waals surface area contributed by atoms with Crippen LogP contribution >= 0.6 is 0 Å². The molecule has 25 heavy (non-hydrogen) atoms. The van der Waals surface area contributed by atoms with E-state index >= 15 is 0 Å². The Bertz CT molecular complexity index is 892. The van der Waals surface area contributed by atoms with Crippen molar-refractivity contribution in [1.29, 1.82) is 0 Å². The van der Waals surface area contributed by atoms with Gasteiger partial charge in [0.25, 0.3) is 11.4 Å². The number of allylic oxidation sites excluding steroid dienone is 2. The summed E-state index contributed by atoms with van der Waals surface area (Å²) in [5, 5.41) is 25.6. The SMILES string of the molecule is O=[N+]([O-])c1ccc([C@@H]2Nc3c(cccc3[N+](=O)[O-])[C@H]3C=CC[C@@H]32)cc1. The van der Waals surface area contributed by atoms with Crippen LogP contribution in [0.5, 0.6) is 0 Å². The van der Waals surface area contributed by atoms with E-state index in [1.165, 1.54) is 18.2 Å². The maximum absolute atomic E-state index is 11.4. The van der Waals surface area contributed by atoms with Crippen LogP contribution in [0.2, 0.25) is 0 Å². The summed E-state index contributed by atoms with van der Waals surface area (Å²) >= 11 is 0. The lowest BCUT2D eigenvalue weighted by molar-refractivity contribution is -0.384. The molecule has 2 aliphatic rings. The Balaban J connectivity index is 1.78. The van der Waals surface area contributed by atoms with Crippen LogP contribution in [0.1, 0.15) is 29.5 Å².